The summed E-state index contributed by atoms with van der Waals surface area (Å²) in [5.74, 6) is -1.00. The highest BCUT2D eigenvalue weighted by Crippen LogP contribution is 2.72. The van der Waals surface area contributed by atoms with Crippen LogP contribution in [0.4, 0.5) is 5.69 Å². The van der Waals surface area contributed by atoms with Crippen LogP contribution in [0.25, 0.3) is 0 Å². The lowest BCUT2D eigenvalue weighted by atomic mass is 9.66. The zero-order valence-corrected chi connectivity index (χ0v) is 27.3. The Morgan fingerprint density at radius 3 is 2.37 bits per heavy atom. The third-order valence-corrected chi connectivity index (χ3v) is 11.7. The summed E-state index contributed by atoms with van der Waals surface area (Å²) in [6.45, 7) is 18.9. The predicted octanol–water partition coefficient (Wildman–Crippen LogP) is 5.06. The van der Waals surface area contributed by atoms with Crippen LogP contribution in [0.1, 0.15) is 66.7 Å². The van der Waals surface area contributed by atoms with Crippen LogP contribution in [0.2, 0.25) is 0 Å². The molecule has 3 heterocycles. The molecule has 43 heavy (non-hydrogen) atoms. The molecular weight excluding hydrogens is 562 g/mol. The number of likely N-dealkylation sites (tertiary alicyclic amines) is 1. The number of fused-ring (bicyclic) bond motifs is 1. The summed E-state index contributed by atoms with van der Waals surface area (Å²) >= 11 is 1.66. The SMILES string of the molecule is C=CCN(C(=O)[C@@H]1[C@H]2C(=O)N([C@@H](CC)CO)C(C(=O)N(CC=C)C(C)CCC)C23CC[C@@]1(C)S3)c1ccc(OCC)cc1. The van der Waals surface area contributed by atoms with Crippen molar-refractivity contribution in [1.82, 2.24) is 9.80 Å². The molecule has 1 spiro atoms. The molecule has 0 radical (unpaired) electrons. The minimum absolute atomic E-state index is 0.0310. The van der Waals surface area contributed by atoms with Gasteiger partial charge in [-0.1, -0.05) is 32.4 Å². The highest BCUT2D eigenvalue weighted by Gasteiger charge is 2.78. The van der Waals surface area contributed by atoms with Crippen molar-refractivity contribution >= 4 is 35.2 Å². The molecule has 3 unspecified atom stereocenters. The summed E-state index contributed by atoms with van der Waals surface area (Å²) in [6, 6.07) is 6.11. The molecule has 236 valence electrons. The second kappa shape index (κ2) is 13.5. The van der Waals surface area contributed by atoms with E-state index in [-0.39, 0.29) is 30.4 Å². The summed E-state index contributed by atoms with van der Waals surface area (Å²) in [5.41, 5.74) is 0.709. The van der Waals surface area contributed by atoms with Crippen LogP contribution in [0, 0.1) is 11.8 Å². The van der Waals surface area contributed by atoms with E-state index in [1.54, 1.807) is 33.7 Å². The van der Waals surface area contributed by atoms with Gasteiger partial charge in [0.2, 0.25) is 17.7 Å². The molecule has 2 bridgehead atoms. The number of rotatable bonds is 15. The Bertz CT molecular complexity index is 1200. The van der Waals surface area contributed by atoms with Crippen molar-refractivity contribution in [2.24, 2.45) is 11.8 Å². The third-order valence-electron chi connectivity index (χ3n) is 9.67. The number of anilines is 1. The van der Waals surface area contributed by atoms with Crippen LogP contribution in [-0.2, 0) is 14.4 Å². The summed E-state index contributed by atoms with van der Waals surface area (Å²) in [7, 11) is 0. The Hall–Kier alpha value is -2.78. The number of hydrogen-bond acceptors (Lipinski definition) is 6. The molecule has 3 fully saturated rings. The van der Waals surface area contributed by atoms with Crippen LogP contribution in [0.5, 0.6) is 5.75 Å². The van der Waals surface area contributed by atoms with E-state index < -0.39 is 33.4 Å². The summed E-state index contributed by atoms with van der Waals surface area (Å²) in [5, 5.41) is 10.4. The fourth-order valence-electron chi connectivity index (χ4n) is 7.69. The monoisotopic (exact) mass is 611 g/mol. The molecule has 0 saturated carbocycles. The first-order valence-electron chi connectivity index (χ1n) is 15.8. The molecular formula is C34H49N3O5S. The predicted molar refractivity (Wildman–Crippen MR) is 173 cm³/mol. The number of amides is 3. The molecule has 0 aliphatic carbocycles. The van der Waals surface area contributed by atoms with E-state index in [0.29, 0.717) is 38.2 Å². The fourth-order valence-corrected chi connectivity index (χ4v) is 10.0. The first-order chi connectivity index (χ1) is 20.6. The van der Waals surface area contributed by atoms with Gasteiger partial charge >= 0.3 is 0 Å². The number of hydrogen-bond donors (Lipinski definition) is 1. The smallest absolute Gasteiger partial charge is 0.247 e. The van der Waals surface area contributed by atoms with Gasteiger partial charge in [-0.3, -0.25) is 14.4 Å². The molecule has 9 heteroatoms. The average Bonchev–Trinajstić information content (AvgIpc) is 3.56. The number of nitrogens with zero attached hydrogens (tertiary/aromatic N) is 3. The lowest BCUT2D eigenvalue weighted by molar-refractivity contribution is -0.147. The van der Waals surface area contributed by atoms with Crippen LogP contribution >= 0.6 is 11.8 Å². The van der Waals surface area contributed by atoms with E-state index in [4.69, 9.17) is 4.74 Å². The topological polar surface area (TPSA) is 90.4 Å². The van der Waals surface area contributed by atoms with E-state index >= 15 is 0 Å². The molecule has 1 aromatic carbocycles. The fraction of sp³-hybridized carbons (Fsp3) is 0.618. The average molecular weight is 612 g/mol. The zero-order valence-electron chi connectivity index (χ0n) is 26.5. The first kappa shape index (κ1) is 33.1. The number of ether oxygens (including phenoxy) is 1. The Morgan fingerprint density at radius 2 is 1.81 bits per heavy atom. The quantitative estimate of drug-likeness (QED) is 0.279. The molecule has 3 aliphatic rings. The van der Waals surface area contributed by atoms with Crippen LogP contribution in [-0.4, -0.2) is 86.6 Å². The van der Waals surface area contributed by atoms with Crippen molar-refractivity contribution < 1.29 is 24.2 Å². The number of aliphatic hydroxyl groups is 1. The number of carbonyl (C=O) groups is 3. The van der Waals surface area contributed by atoms with Crippen LogP contribution in [0.15, 0.2) is 49.6 Å². The normalized spacial score (nSPS) is 28.7. The maximum absolute atomic E-state index is 14.7. The maximum Gasteiger partial charge on any atom is 0.247 e. The van der Waals surface area contributed by atoms with E-state index in [2.05, 4.69) is 27.0 Å². The number of thioether (sulfide) groups is 1. The van der Waals surface area contributed by atoms with Gasteiger partial charge in [-0.2, -0.15) is 0 Å². The van der Waals surface area contributed by atoms with E-state index in [1.165, 1.54) is 0 Å². The number of aliphatic hydroxyl groups excluding tert-OH is 1. The number of carbonyl (C=O) groups excluding carboxylic acids is 3. The molecule has 4 rings (SSSR count). The van der Waals surface area contributed by atoms with Crippen molar-refractivity contribution in [2.75, 3.05) is 31.2 Å². The highest BCUT2D eigenvalue weighted by atomic mass is 32.2. The molecule has 0 aromatic heterocycles. The van der Waals surface area contributed by atoms with Gasteiger partial charge in [0.15, 0.2) is 0 Å². The third kappa shape index (κ3) is 5.63. The van der Waals surface area contributed by atoms with Crippen molar-refractivity contribution in [3.05, 3.63) is 49.6 Å². The van der Waals surface area contributed by atoms with Gasteiger partial charge in [0.1, 0.15) is 11.8 Å². The van der Waals surface area contributed by atoms with E-state index in [1.807, 2.05) is 49.9 Å². The van der Waals surface area contributed by atoms with Gasteiger partial charge in [-0.05, 0) is 70.7 Å². The minimum Gasteiger partial charge on any atom is -0.494 e. The lowest BCUT2D eigenvalue weighted by Crippen LogP contribution is -2.58. The van der Waals surface area contributed by atoms with Crippen molar-refractivity contribution in [1.29, 1.82) is 0 Å². The van der Waals surface area contributed by atoms with Crippen LogP contribution < -0.4 is 9.64 Å². The van der Waals surface area contributed by atoms with E-state index in [0.717, 1.165) is 25.0 Å². The first-order valence-corrected chi connectivity index (χ1v) is 16.6. The molecule has 3 saturated heterocycles. The van der Waals surface area contributed by atoms with E-state index in [9.17, 15) is 19.5 Å². The summed E-state index contributed by atoms with van der Waals surface area (Å²) in [6.07, 6.45) is 7.09. The van der Waals surface area contributed by atoms with Crippen molar-refractivity contribution in [2.45, 2.75) is 94.3 Å². The summed E-state index contributed by atoms with van der Waals surface area (Å²) in [4.78, 5) is 49.1. The van der Waals surface area contributed by atoms with Crippen molar-refractivity contribution in [3.63, 3.8) is 0 Å². The Balaban J connectivity index is 1.80. The molecule has 8 nitrogen and oxygen atoms in total. The zero-order chi connectivity index (χ0) is 31.5. The maximum atomic E-state index is 14.7. The van der Waals surface area contributed by atoms with Gasteiger partial charge in [0.05, 0.1) is 35.8 Å². The Kier molecular flexibility index (Phi) is 10.4. The largest absolute Gasteiger partial charge is 0.494 e. The second-order valence-electron chi connectivity index (χ2n) is 12.3. The lowest BCUT2D eigenvalue weighted by Gasteiger charge is -2.41. The Morgan fingerprint density at radius 1 is 1.14 bits per heavy atom. The molecule has 1 N–H and O–H groups in total. The van der Waals surface area contributed by atoms with Crippen molar-refractivity contribution in [3.8, 4) is 5.75 Å². The standard InChI is InChI=1S/C34H49N3O5S/c1-8-13-23(6)35(20-9-2)32(41)29-34-19-18-33(7,43-34)27(28(34)31(40)37(29)24(11-4)22-38)30(39)36(21-10-3)25-14-16-26(17-15-25)42-12-5/h9-10,14-17,23-24,27-29,38H,2-3,8,11-13,18-22H2,1,4-7H3/t23?,24-,27-,28-,29?,33+,34?/m0/s1. The number of benzene rings is 1. The van der Waals surface area contributed by atoms with Gasteiger partial charge in [-0.15, -0.1) is 24.9 Å². The minimum atomic E-state index is -0.760. The summed E-state index contributed by atoms with van der Waals surface area (Å²) < 4.78 is 4.34. The van der Waals surface area contributed by atoms with Gasteiger partial charge in [-0.25, -0.2) is 0 Å². The molecule has 7 atom stereocenters. The van der Waals surface area contributed by atoms with Gasteiger partial charge in [0, 0.05) is 29.6 Å². The van der Waals surface area contributed by atoms with Crippen LogP contribution in [0.3, 0.4) is 0 Å². The molecule has 3 amide bonds. The highest BCUT2D eigenvalue weighted by molar-refractivity contribution is 8.02. The Labute approximate surface area is 261 Å². The van der Waals surface area contributed by atoms with Gasteiger partial charge in [0.25, 0.3) is 0 Å². The second-order valence-corrected chi connectivity index (χ2v) is 14.2. The molecule has 1 aromatic rings. The molecule has 3 aliphatic heterocycles. The van der Waals surface area contributed by atoms with Gasteiger partial charge < -0.3 is 24.5 Å².